The minimum absolute atomic E-state index is 0.893. The van der Waals surface area contributed by atoms with Gasteiger partial charge in [0.05, 0.1) is 0 Å². The zero-order valence-electron chi connectivity index (χ0n) is 8.77. The van der Waals surface area contributed by atoms with E-state index in [2.05, 4.69) is 27.8 Å². The van der Waals surface area contributed by atoms with Crippen molar-refractivity contribution in [2.75, 3.05) is 18.4 Å². The van der Waals surface area contributed by atoms with Gasteiger partial charge in [-0.2, -0.15) is 0 Å². The lowest BCUT2D eigenvalue weighted by atomic mass is 10.00. The highest BCUT2D eigenvalue weighted by Crippen LogP contribution is 2.19. The third-order valence-corrected chi connectivity index (χ3v) is 3.61. The van der Waals surface area contributed by atoms with Gasteiger partial charge in [0.15, 0.2) is 0 Å². The van der Waals surface area contributed by atoms with Crippen LogP contribution in [-0.4, -0.2) is 29.4 Å². The molecule has 1 unspecified atom stereocenters. The molecule has 1 heterocycles. The molecule has 13 heavy (non-hydrogen) atoms. The quantitative estimate of drug-likeness (QED) is 0.532. The van der Waals surface area contributed by atoms with Crippen LogP contribution in [0.4, 0.5) is 0 Å². The predicted molar refractivity (Wildman–Crippen MR) is 62.5 cm³/mol. The summed E-state index contributed by atoms with van der Waals surface area (Å²) in [5.74, 6) is 0. The second kappa shape index (κ2) is 6.83. The van der Waals surface area contributed by atoms with Gasteiger partial charge in [0, 0.05) is 11.4 Å². The predicted octanol–water partition coefficient (Wildman–Crippen LogP) is 3.43. The van der Waals surface area contributed by atoms with Gasteiger partial charge in [-0.3, -0.25) is 0 Å². The highest BCUT2D eigenvalue weighted by atomic mass is 79.9. The molecular weight excluding hydrogens is 226 g/mol. The molecule has 0 saturated carbocycles. The largest absolute Gasteiger partial charge is 0.300 e. The average Bonchev–Trinajstić information content (AvgIpc) is 2.19. The van der Waals surface area contributed by atoms with Crippen LogP contribution in [0.3, 0.4) is 0 Å². The number of alkyl halides is 1. The van der Waals surface area contributed by atoms with Crippen LogP contribution in [0.1, 0.15) is 45.4 Å². The Hall–Kier alpha value is 0.440. The molecule has 1 aliphatic heterocycles. The van der Waals surface area contributed by atoms with Gasteiger partial charge in [0.2, 0.25) is 0 Å². The number of hydrogen-bond donors (Lipinski definition) is 0. The van der Waals surface area contributed by atoms with Crippen LogP contribution in [0.25, 0.3) is 0 Å². The van der Waals surface area contributed by atoms with Crippen LogP contribution in [0.15, 0.2) is 0 Å². The molecule has 1 nitrogen and oxygen atoms in total. The summed E-state index contributed by atoms with van der Waals surface area (Å²) >= 11 is 3.49. The molecule has 0 aromatic heterocycles. The Kier molecular flexibility index (Phi) is 6.05. The summed E-state index contributed by atoms with van der Waals surface area (Å²) in [6.07, 6.45) is 8.34. The van der Waals surface area contributed by atoms with Crippen LogP contribution < -0.4 is 0 Å². The lowest BCUT2D eigenvalue weighted by Crippen LogP contribution is -2.39. The van der Waals surface area contributed by atoms with Gasteiger partial charge >= 0.3 is 0 Å². The number of likely N-dealkylation sites (tertiary alicyclic amines) is 1. The molecule has 1 aliphatic rings. The van der Waals surface area contributed by atoms with E-state index < -0.39 is 0 Å². The van der Waals surface area contributed by atoms with Gasteiger partial charge in [-0.05, 0) is 45.2 Å². The molecule has 0 aromatic rings. The molecular formula is C11H22BrN. The number of halogens is 1. The van der Waals surface area contributed by atoms with Crippen molar-refractivity contribution >= 4 is 15.9 Å². The second-order valence-corrected chi connectivity index (χ2v) is 4.78. The zero-order chi connectivity index (χ0) is 9.52. The topological polar surface area (TPSA) is 3.24 Å². The number of rotatable bonds is 5. The van der Waals surface area contributed by atoms with Gasteiger partial charge in [0.1, 0.15) is 0 Å². The first-order valence-electron chi connectivity index (χ1n) is 5.68. The Bertz CT molecular complexity index is 127. The van der Waals surface area contributed by atoms with Gasteiger partial charge in [-0.25, -0.2) is 0 Å². The summed E-state index contributed by atoms with van der Waals surface area (Å²) in [5.41, 5.74) is 0. The number of hydrogen-bond acceptors (Lipinski definition) is 1. The van der Waals surface area contributed by atoms with E-state index in [9.17, 15) is 0 Å². The van der Waals surface area contributed by atoms with Crippen molar-refractivity contribution in [2.45, 2.75) is 51.5 Å². The molecule has 0 spiro atoms. The van der Waals surface area contributed by atoms with Crippen molar-refractivity contribution in [3.05, 3.63) is 0 Å². The van der Waals surface area contributed by atoms with Crippen LogP contribution in [0.2, 0.25) is 0 Å². The highest BCUT2D eigenvalue weighted by molar-refractivity contribution is 9.09. The van der Waals surface area contributed by atoms with Crippen LogP contribution >= 0.6 is 15.9 Å². The summed E-state index contributed by atoms with van der Waals surface area (Å²) in [7, 11) is 0. The van der Waals surface area contributed by atoms with Gasteiger partial charge in [-0.15, -0.1) is 0 Å². The summed E-state index contributed by atoms with van der Waals surface area (Å²) in [4.78, 5) is 2.70. The van der Waals surface area contributed by atoms with Crippen LogP contribution in [-0.2, 0) is 0 Å². The molecule has 0 bridgehead atoms. The molecule has 1 rings (SSSR count). The molecule has 0 N–H and O–H groups in total. The fourth-order valence-corrected chi connectivity index (χ4v) is 2.62. The summed E-state index contributed by atoms with van der Waals surface area (Å²) in [6, 6.07) is 0.893. The van der Waals surface area contributed by atoms with E-state index in [4.69, 9.17) is 0 Å². The van der Waals surface area contributed by atoms with Crippen LogP contribution in [0, 0.1) is 0 Å². The van der Waals surface area contributed by atoms with Gasteiger partial charge in [0.25, 0.3) is 0 Å². The van der Waals surface area contributed by atoms with Crippen molar-refractivity contribution in [2.24, 2.45) is 0 Å². The first kappa shape index (κ1) is 11.5. The molecule has 2 heteroatoms. The Morgan fingerprint density at radius 2 is 2.15 bits per heavy atom. The minimum atomic E-state index is 0.893. The monoisotopic (exact) mass is 247 g/mol. The Morgan fingerprint density at radius 3 is 2.85 bits per heavy atom. The van der Waals surface area contributed by atoms with E-state index in [-0.39, 0.29) is 0 Å². The maximum absolute atomic E-state index is 3.49. The first-order chi connectivity index (χ1) is 6.38. The number of unbranched alkanes of at least 4 members (excludes halogenated alkanes) is 1. The normalized spacial score (nSPS) is 24.9. The molecule has 0 amide bonds. The molecule has 1 fully saturated rings. The Morgan fingerprint density at radius 1 is 1.31 bits per heavy atom. The molecule has 0 radical (unpaired) electrons. The van der Waals surface area contributed by atoms with Crippen molar-refractivity contribution in [1.29, 1.82) is 0 Å². The Balaban J connectivity index is 2.19. The summed E-state index contributed by atoms with van der Waals surface area (Å²) in [6.45, 7) is 5.00. The molecule has 0 aliphatic carbocycles. The van der Waals surface area contributed by atoms with Gasteiger partial charge in [-0.1, -0.05) is 29.3 Å². The maximum atomic E-state index is 3.49. The summed E-state index contributed by atoms with van der Waals surface area (Å²) in [5, 5.41) is 1.16. The first-order valence-corrected chi connectivity index (χ1v) is 6.80. The molecule has 78 valence electrons. The second-order valence-electron chi connectivity index (χ2n) is 3.99. The fourth-order valence-electron chi connectivity index (χ4n) is 2.23. The average molecular weight is 248 g/mol. The Labute approximate surface area is 91.0 Å². The number of piperidine rings is 1. The molecule has 1 atom stereocenters. The number of nitrogens with zero attached hydrogens (tertiary/aromatic N) is 1. The smallest absolute Gasteiger partial charge is 0.00926 e. The molecule has 1 saturated heterocycles. The minimum Gasteiger partial charge on any atom is -0.300 e. The standard InChI is InChI=1S/C11H22BrN/c1-2-11-7-3-5-9-13(11)10-6-4-8-12/h11H,2-10H2,1H3. The van der Waals surface area contributed by atoms with E-state index in [1.807, 2.05) is 0 Å². The van der Waals surface area contributed by atoms with Crippen molar-refractivity contribution < 1.29 is 0 Å². The third-order valence-electron chi connectivity index (χ3n) is 3.05. The zero-order valence-corrected chi connectivity index (χ0v) is 10.4. The van der Waals surface area contributed by atoms with E-state index in [1.165, 1.54) is 51.6 Å². The van der Waals surface area contributed by atoms with Crippen LogP contribution in [0.5, 0.6) is 0 Å². The van der Waals surface area contributed by atoms with E-state index in [0.717, 1.165) is 11.4 Å². The molecule has 0 aromatic carbocycles. The third kappa shape index (κ3) is 3.99. The van der Waals surface area contributed by atoms with E-state index in [0.29, 0.717) is 0 Å². The van der Waals surface area contributed by atoms with Crippen molar-refractivity contribution in [1.82, 2.24) is 4.90 Å². The SMILES string of the molecule is CCC1CCCCN1CCCCBr. The van der Waals surface area contributed by atoms with E-state index >= 15 is 0 Å². The lowest BCUT2D eigenvalue weighted by molar-refractivity contribution is 0.142. The van der Waals surface area contributed by atoms with Gasteiger partial charge < -0.3 is 4.90 Å². The van der Waals surface area contributed by atoms with Crippen molar-refractivity contribution in [3.63, 3.8) is 0 Å². The lowest BCUT2D eigenvalue weighted by Gasteiger charge is -2.35. The van der Waals surface area contributed by atoms with Crippen molar-refractivity contribution in [3.8, 4) is 0 Å². The van der Waals surface area contributed by atoms with E-state index in [1.54, 1.807) is 0 Å². The fraction of sp³-hybridized carbons (Fsp3) is 1.00. The summed E-state index contributed by atoms with van der Waals surface area (Å²) < 4.78 is 0. The maximum Gasteiger partial charge on any atom is 0.00926 e. The highest BCUT2D eigenvalue weighted by Gasteiger charge is 2.19.